The molecule has 114 valence electrons. The summed E-state index contributed by atoms with van der Waals surface area (Å²) in [6.45, 7) is 0. The number of aliphatic carboxylic acids is 1. The Kier molecular flexibility index (Phi) is 5.07. The van der Waals surface area contributed by atoms with Gasteiger partial charge in [0.25, 0.3) is 0 Å². The molecule has 0 spiro atoms. The van der Waals surface area contributed by atoms with Crippen LogP contribution in [0.25, 0.3) is 11.6 Å². The van der Waals surface area contributed by atoms with Crippen molar-refractivity contribution in [3.8, 4) is 11.5 Å². The van der Waals surface area contributed by atoms with Gasteiger partial charge in [-0.1, -0.05) is 29.8 Å². The van der Waals surface area contributed by atoms with E-state index in [1.165, 1.54) is 7.11 Å². The Morgan fingerprint density at radius 1 is 1.09 bits per heavy atom. The van der Waals surface area contributed by atoms with Crippen molar-refractivity contribution in [3.05, 3.63) is 58.6 Å². The van der Waals surface area contributed by atoms with E-state index in [1.807, 2.05) is 0 Å². The highest BCUT2D eigenvalue weighted by Gasteiger charge is 2.13. The first-order chi connectivity index (χ1) is 10.5. The smallest absolute Gasteiger partial charge is 0.336 e. The van der Waals surface area contributed by atoms with E-state index in [-0.39, 0.29) is 5.57 Å². The number of carbonyl (C=O) groups is 1. The van der Waals surface area contributed by atoms with Gasteiger partial charge in [0.05, 0.1) is 24.8 Å². The third kappa shape index (κ3) is 3.59. The zero-order chi connectivity index (χ0) is 16.1. The van der Waals surface area contributed by atoms with Crippen LogP contribution < -0.4 is 9.47 Å². The third-order valence-electron chi connectivity index (χ3n) is 3.12. The van der Waals surface area contributed by atoms with Gasteiger partial charge in [0.2, 0.25) is 0 Å². The predicted molar refractivity (Wildman–Crippen MR) is 86.5 cm³/mol. The van der Waals surface area contributed by atoms with Crippen LogP contribution in [0.5, 0.6) is 11.5 Å². The molecule has 0 unspecified atom stereocenters. The second-order valence-electron chi connectivity index (χ2n) is 4.49. The van der Waals surface area contributed by atoms with Crippen molar-refractivity contribution in [2.24, 2.45) is 0 Å². The molecule has 0 aliphatic heterocycles. The minimum atomic E-state index is -1.03. The van der Waals surface area contributed by atoms with E-state index in [2.05, 4.69) is 0 Å². The highest BCUT2D eigenvalue weighted by molar-refractivity contribution is 6.32. The molecule has 0 radical (unpaired) electrons. The molecule has 1 N–H and O–H groups in total. The van der Waals surface area contributed by atoms with E-state index in [0.29, 0.717) is 22.1 Å². The van der Waals surface area contributed by atoms with Crippen molar-refractivity contribution in [2.45, 2.75) is 0 Å². The molecule has 0 amide bonds. The van der Waals surface area contributed by atoms with E-state index >= 15 is 0 Å². The highest BCUT2D eigenvalue weighted by atomic mass is 35.5. The normalized spacial score (nSPS) is 11.1. The molecular weight excluding hydrogens is 304 g/mol. The monoisotopic (exact) mass is 318 g/mol. The summed E-state index contributed by atoms with van der Waals surface area (Å²) < 4.78 is 10.2. The Morgan fingerprint density at radius 2 is 1.77 bits per heavy atom. The van der Waals surface area contributed by atoms with Crippen LogP contribution in [0.2, 0.25) is 5.02 Å². The minimum absolute atomic E-state index is 0.148. The Hall–Kier alpha value is -2.46. The first-order valence-electron chi connectivity index (χ1n) is 6.48. The van der Waals surface area contributed by atoms with E-state index in [1.54, 1.807) is 55.7 Å². The van der Waals surface area contributed by atoms with Gasteiger partial charge < -0.3 is 14.6 Å². The lowest BCUT2D eigenvalue weighted by Crippen LogP contribution is -2.00. The van der Waals surface area contributed by atoms with Crippen LogP contribution >= 0.6 is 11.6 Å². The summed E-state index contributed by atoms with van der Waals surface area (Å²) in [5.74, 6) is 0.179. The van der Waals surface area contributed by atoms with Gasteiger partial charge in [-0.15, -0.1) is 0 Å². The van der Waals surface area contributed by atoms with Crippen LogP contribution in [-0.2, 0) is 4.79 Å². The van der Waals surface area contributed by atoms with Crippen molar-refractivity contribution in [1.82, 2.24) is 0 Å². The molecule has 22 heavy (non-hydrogen) atoms. The molecule has 0 bridgehead atoms. The van der Waals surface area contributed by atoms with Gasteiger partial charge in [-0.3, -0.25) is 0 Å². The van der Waals surface area contributed by atoms with E-state index in [9.17, 15) is 9.90 Å². The highest BCUT2D eigenvalue weighted by Crippen LogP contribution is 2.29. The average molecular weight is 319 g/mol. The summed E-state index contributed by atoms with van der Waals surface area (Å²) in [5.41, 5.74) is 1.41. The lowest BCUT2D eigenvalue weighted by atomic mass is 10.0. The lowest BCUT2D eigenvalue weighted by molar-refractivity contribution is -0.130. The number of carboxylic acid groups (broad SMARTS) is 1. The van der Waals surface area contributed by atoms with Crippen LogP contribution in [0.3, 0.4) is 0 Å². The molecule has 4 nitrogen and oxygen atoms in total. The van der Waals surface area contributed by atoms with Crippen molar-refractivity contribution in [3.63, 3.8) is 0 Å². The maximum Gasteiger partial charge on any atom is 0.336 e. The van der Waals surface area contributed by atoms with E-state index < -0.39 is 5.97 Å². The molecule has 0 atom stereocenters. The van der Waals surface area contributed by atoms with Gasteiger partial charge >= 0.3 is 5.97 Å². The van der Waals surface area contributed by atoms with Crippen molar-refractivity contribution >= 4 is 29.2 Å². The molecule has 2 rings (SSSR count). The van der Waals surface area contributed by atoms with E-state index in [4.69, 9.17) is 21.1 Å². The standard InChI is InChI=1S/C17H15ClO4/c1-21-13-6-3-11(4-7-13)9-14(17(19)20)12-5-8-16(22-2)15(18)10-12/h3-10H,1-2H3,(H,19,20)/b14-9-. The van der Waals surface area contributed by atoms with Crippen LogP contribution in [0.15, 0.2) is 42.5 Å². The summed E-state index contributed by atoms with van der Waals surface area (Å²) in [6, 6.07) is 12.0. The molecule has 0 aliphatic carbocycles. The number of carboxylic acids is 1. The van der Waals surface area contributed by atoms with Crippen LogP contribution in [-0.4, -0.2) is 25.3 Å². The number of rotatable bonds is 5. The molecule has 2 aromatic carbocycles. The quantitative estimate of drug-likeness (QED) is 0.669. The zero-order valence-corrected chi connectivity index (χ0v) is 12.9. The fraction of sp³-hybridized carbons (Fsp3) is 0.118. The summed E-state index contributed by atoms with van der Waals surface area (Å²) >= 11 is 6.06. The molecular formula is C17H15ClO4. The van der Waals surface area contributed by atoms with Crippen molar-refractivity contribution in [1.29, 1.82) is 0 Å². The second kappa shape index (κ2) is 7.00. The number of methoxy groups -OCH3 is 2. The SMILES string of the molecule is COc1ccc(/C=C(\C(=O)O)c2ccc(OC)c(Cl)c2)cc1. The number of halogens is 1. The van der Waals surface area contributed by atoms with Gasteiger partial charge in [-0.25, -0.2) is 4.79 Å². The summed E-state index contributed by atoms with van der Waals surface area (Å²) in [4.78, 5) is 11.5. The minimum Gasteiger partial charge on any atom is -0.497 e. The maximum absolute atomic E-state index is 11.5. The number of ether oxygens (including phenoxy) is 2. The van der Waals surface area contributed by atoms with Gasteiger partial charge in [-0.2, -0.15) is 0 Å². The molecule has 2 aromatic rings. The molecule has 0 heterocycles. The number of benzene rings is 2. The first kappa shape index (κ1) is 15.9. The van der Waals surface area contributed by atoms with Gasteiger partial charge in [0.15, 0.2) is 0 Å². The van der Waals surface area contributed by atoms with Gasteiger partial charge in [0, 0.05) is 0 Å². The average Bonchev–Trinajstić information content (AvgIpc) is 2.52. The zero-order valence-electron chi connectivity index (χ0n) is 12.2. The topological polar surface area (TPSA) is 55.8 Å². The van der Waals surface area contributed by atoms with Crippen LogP contribution in [0.1, 0.15) is 11.1 Å². The number of hydrogen-bond donors (Lipinski definition) is 1. The summed E-state index contributed by atoms with van der Waals surface area (Å²) in [6.07, 6.45) is 1.58. The molecule has 5 heteroatoms. The second-order valence-corrected chi connectivity index (χ2v) is 4.89. The van der Waals surface area contributed by atoms with E-state index in [0.717, 1.165) is 5.56 Å². The molecule has 0 aliphatic rings. The maximum atomic E-state index is 11.5. The van der Waals surface area contributed by atoms with Crippen LogP contribution in [0.4, 0.5) is 0 Å². The Bertz CT molecular complexity index is 705. The Morgan fingerprint density at radius 3 is 2.27 bits per heavy atom. The third-order valence-corrected chi connectivity index (χ3v) is 3.42. The lowest BCUT2D eigenvalue weighted by Gasteiger charge is -2.07. The first-order valence-corrected chi connectivity index (χ1v) is 6.86. The van der Waals surface area contributed by atoms with Gasteiger partial charge in [0.1, 0.15) is 11.5 Å². The van der Waals surface area contributed by atoms with Gasteiger partial charge in [-0.05, 0) is 41.5 Å². The molecule has 0 aromatic heterocycles. The molecule has 0 saturated heterocycles. The molecule has 0 saturated carbocycles. The summed E-state index contributed by atoms with van der Waals surface area (Å²) in [7, 11) is 3.08. The summed E-state index contributed by atoms with van der Waals surface area (Å²) in [5, 5.41) is 9.80. The predicted octanol–water partition coefficient (Wildman–Crippen LogP) is 3.98. The molecule has 0 fully saturated rings. The Labute approximate surface area is 133 Å². The largest absolute Gasteiger partial charge is 0.497 e. The Balaban J connectivity index is 2.42. The van der Waals surface area contributed by atoms with Crippen LogP contribution in [0, 0.1) is 0 Å². The van der Waals surface area contributed by atoms with Crippen molar-refractivity contribution < 1.29 is 19.4 Å². The van der Waals surface area contributed by atoms with Crippen molar-refractivity contribution in [2.75, 3.05) is 14.2 Å². The fourth-order valence-corrected chi connectivity index (χ4v) is 2.23. The number of hydrogen-bond acceptors (Lipinski definition) is 3. The fourth-order valence-electron chi connectivity index (χ4n) is 1.97.